The third-order valence-corrected chi connectivity index (χ3v) is 9.34. The molecule has 0 spiro atoms. The second kappa shape index (κ2) is 12.8. The van der Waals surface area contributed by atoms with E-state index >= 15 is 0 Å². The molecule has 8 heterocycles. The van der Waals surface area contributed by atoms with Crippen molar-refractivity contribution in [3.8, 4) is 69.5 Å². The van der Waals surface area contributed by atoms with Crippen molar-refractivity contribution in [2.75, 3.05) is 6.61 Å². The molecule has 1 aromatic carbocycles. The zero-order valence-corrected chi connectivity index (χ0v) is 29.4. The zero-order valence-electron chi connectivity index (χ0n) is 28.4. The highest BCUT2D eigenvalue weighted by Crippen LogP contribution is 2.34. The van der Waals surface area contributed by atoms with Crippen LogP contribution in [0.15, 0.2) is 98.8 Å². The topological polar surface area (TPSA) is 221 Å². The number of oxazole rings is 7. The van der Waals surface area contributed by atoms with Crippen molar-refractivity contribution in [3.63, 3.8) is 0 Å². The molecule has 8 aromatic rings. The molecule has 0 fully saturated rings. The molecule has 1 N–H and O–H groups in total. The van der Waals surface area contributed by atoms with E-state index in [-0.39, 0.29) is 71.5 Å². The van der Waals surface area contributed by atoms with Crippen LogP contribution in [0.25, 0.3) is 69.5 Å². The number of nitrogens with one attached hydrogen (secondary N) is 1. The number of carbonyl (C=O) groups is 1. The molecule has 0 aliphatic carbocycles. The van der Waals surface area contributed by atoms with Crippen LogP contribution in [0.1, 0.15) is 33.7 Å². The highest BCUT2D eigenvalue weighted by Gasteiger charge is 2.29. The molecular formula is C35H28N8O9Si. The molecule has 1 atom stereocenters. The van der Waals surface area contributed by atoms with E-state index in [9.17, 15) is 4.79 Å². The summed E-state index contributed by atoms with van der Waals surface area (Å²) < 4.78 is 46.7. The van der Waals surface area contributed by atoms with Crippen LogP contribution in [0.5, 0.6) is 0 Å². The van der Waals surface area contributed by atoms with E-state index in [1.54, 1.807) is 0 Å². The van der Waals surface area contributed by atoms with E-state index in [0.717, 1.165) is 5.56 Å². The number of hydrogen-bond donors (Lipinski definition) is 1. The summed E-state index contributed by atoms with van der Waals surface area (Å²) in [6.07, 6.45) is 8.11. The van der Waals surface area contributed by atoms with Gasteiger partial charge in [-0.05, 0) is 5.56 Å². The molecule has 9 rings (SSSR count). The Morgan fingerprint density at radius 3 is 1.75 bits per heavy atom. The molecule has 1 unspecified atom stereocenters. The number of fused-ring (bicyclic) bond motifs is 20. The summed E-state index contributed by atoms with van der Waals surface area (Å²) >= 11 is 0. The Morgan fingerprint density at radius 1 is 0.623 bits per heavy atom. The van der Waals surface area contributed by atoms with Crippen LogP contribution in [0.2, 0.25) is 19.6 Å². The molecule has 1 aliphatic heterocycles. The van der Waals surface area contributed by atoms with Gasteiger partial charge in [0.1, 0.15) is 49.4 Å². The SMILES string of the molecule is C[Si](C)(C)Cc1oc2nc1-c1nc(co1)-c1nc(co1)-c1nc(co1)C(=O)NC(COCc1ccccc1)c1nc(co1)-c1nc(co1)-c1nc-2co1. The predicted molar refractivity (Wildman–Crippen MR) is 183 cm³/mol. The normalized spacial score (nSPS) is 14.2. The number of aromatic nitrogens is 7. The van der Waals surface area contributed by atoms with Crippen molar-refractivity contribution in [1.82, 2.24) is 40.2 Å². The van der Waals surface area contributed by atoms with Gasteiger partial charge in [0, 0.05) is 6.04 Å². The smallest absolute Gasteiger partial charge is 0.273 e. The highest BCUT2D eigenvalue weighted by molar-refractivity contribution is 6.75. The lowest BCUT2D eigenvalue weighted by atomic mass is 10.2. The summed E-state index contributed by atoms with van der Waals surface area (Å²) in [7, 11) is -1.71. The number of carbonyl (C=O) groups excluding carboxylic acids is 1. The number of benzene rings is 1. The van der Waals surface area contributed by atoms with E-state index in [2.05, 4.69) is 54.9 Å². The lowest BCUT2D eigenvalue weighted by molar-refractivity contribution is 0.0751. The lowest BCUT2D eigenvalue weighted by Crippen LogP contribution is -2.32. The molecule has 0 radical (unpaired) electrons. The third kappa shape index (κ3) is 6.51. The van der Waals surface area contributed by atoms with Crippen molar-refractivity contribution in [2.45, 2.75) is 38.3 Å². The van der Waals surface area contributed by atoms with Gasteiger partial charge in [-0.15, -0.1) is 0 Å². The Morgan fingerprint density at radius 2 is 1.13 bits per heavy atom. The van der Waals surface area contributed by atoms with Crippen LogP contribution in [-0.2, 0) is 17.4 Å². The number of amides is 1. The first-order valence-electron chi connectivity index (χ1n) is 16.4. The average molecular weight is 733 g/mol. The molecule has 18 heteroatoms. The van der Waals surface area contributed by atoms with E-state index in [1.165, 1.54) is 37.6 Å². The zero-order chi connectivity index (χ0) is 36.1. The Hall–Kier alpha value is -6.66. The monoisotopic (exact) mass is 732 g/mol. The van der Waals surface area contributed by atoms with Gasteiger partial charge in [-0.25, -0.2) is 34.9 Å². The van der Waals surface area contributed by atoms with Crippen LogP contribution in [0.3, 0.4) is 0 Å². The maximum Gasteiger partial charge on any atom is 0.273 e. The minimum absolute atomic E-state index is 0.00966. The fraction of sp³-hybridized carbons (Fsp3) is 0.200. The van der Waals surface area contributed by atoms with Crippen LogP contribution in [0, 0.1) is 0 Å². The van der Waals surface area contributed by atoms with Crippen molar-refractivity contribution in [1.29, 1.82) is 0 Å². The van der Waals surface area contributed by atoms with Crippen LogP contribution in [-0.4, -0.2) is 55.5 Å². The van der Waals surface area contributed by atoms with Gasteiger partial charge in [-0.3, -0.25) is 4.79 Å². The molecular weight excluding hydrogens is 705 g/mol. The fourth-order valence-electron chi connectivity index (χ4n) is 5.50. The van der Waals surface area contributed by atoms with Gasteiger partial charge in [0.05, 0.1) is 21.3 Å². The summed E-state index contributed by atoms with van der Waals surface area (Å²) in [5.74, 6) is 1.03. The van der Waals surface area contributed by atoms with Gasteiger partial charge in [-0.2, -0.15) is 0 Å². The number of rotatable bonds is 6. The van der Waals surface area contributed by atoms with Crippen molar-refractivity contribution in [2.24, 2.45) is 0 Å². The van der Waals surface area contributed by atoms with Gasteiger partial charge in [0.15, 0.2) is 39.9 Å². The average Bonchev–Trinajstić information content (AvgIpc) is 3.99. The molecule has 0 saturated carbocycles. The molecule has 53 heavy (non-hydrogen) atoms. The summed E-state index contributed by atoms with van der Waals surface area (Å²) in [4.78, 5) is 45.3. The second-order valence-corrected chi connectivity index (χ2v) is 18.8. The summed E-state index contributed by atoms with van der Waals surface area (Å²) in [6, 6.07) is 9.41. The first-order chi connectivity index (χ1) is 25.7. The maximum atomic E-state index is 13.5. The Bertz CT molecular complexity index is 2550. The van der Waals surface area contributed by atoms with E-state index in [1.807, 2.05) is 30.3 Å². The largest absolute Gasteiger partial charge is 0.446 e. The van der Waals surface area contributed by atoms with Gasteiger partial charge < -0.3 is 41.0 Å². The van der Waals surface area contributed by atoms with Gasteiger partial charge in [-0.1, -0.05) is 50.0 Å². The van der Waals surface area contributed by atoms with E-state index in [0.29, 0.717) is 34.6 Å². The first-order valence-corrected chi connectivity index (χ1v) is 20.1. The predicted octanol–water partition coefficient (Wildman–Crippen LogP) is 7.03. The van der Waals surface area contributed by atoms with Crippen LogP contribution in [0.4, 0.5) is 0 Å². The van der Waals surface area contributed by atoms with Crippen molar-refractivity contribution >= 4 is 14.0 Å². The Kier molecular flexibility index (Phi) is 7.81. The van der Waals surface area contributed by atoms with Gasteiger partial charge in [0.2, 0.25) is 41.2 Å². The van der Waals surface area contributed by atoms with Gasteiger partial charge in [0.25, 0.3) is 5.91 Å². The van der Waals surface area contributed by atoms with E-state index in [4.69, 9.17) is 40.6 Å². The fourth-order valence-corrected chi connectivity index (χ4v) is 6.70. The molecule has 17 nitrogen and oxygen atoms in total. The van der Waals surface area contributed by atoms with Crippen LogP contribution < -0.4 is 5.32 Å². The van der Waals surface area contributed by atoms with Crippen molar-refractivity contribution < 1.29 is 40.5 Å². The summed E-state index contributed by atoms with van der Waals surface area (Å²) in [5, 5.41) is 2.87. The minimum Gasteiger partial charge on any atom is -0.446 e. The number of ether oxygens (including phenoxy) is 1. The highest BCUT2D eigenvalue weighted by atomic mass is 28.3. The lowest BCUT2D eigenvalue weighted by Gasteiger charge is -2.15. The van der Waals surface area contributed by atoms with Gasteiger partial charge >= 0.3 is 0 Å². The molecule has 14 bridgehead atoms. The summed E-state index contributed by atoms with van der Waals surface area (Å²) in [6.45, 7) is 6.92. The minimum atomic E-state index is -1.71. The summed E-state index contributed by atoms with van der Waals surface area (Å²) in [5.41, 5.74) is 2.74. The second-order valence-electron chi connectivity index (χ2n) is 13.3. The molecule has 0 saturated heterocycles. The van der Waals surface area contributed by atoms with Crippen molar-refractivity contribution in [3.05, 3.63) is 90.8 Å². The maximum absolute atomic E-state index is 13.5. The quantitative estimate of drug-likeness (QED) is 0.170. The number of nitrogens with zero attached hydrogens (tertiary/aromatic N) is 7. The standard InChI is InChI=1S/C35H28N8O9Si/c1-53(2,3)17-26-27-35-42-24(15-51-35)33-39-21(12-49-33)30-37-19(11-46-30)28(44)36-20(10-45-9-18-7-5-4-6-8-18)29-38-22(13-47-29)31-40-23(14-48-31)32-41-25(16-50-32)34(43-27)52-26/h4-8,11-16,20H,9-10,17H2,1-3H3,(H,36,44). The molecule has 266 valence electrons. The first kappa shape index (κ1) is 32.3. The Balaban J connectivity index is 1.10. The van der Waals surface area contributed by atoms with E-state index < -0.39 is 20.0 Å². The molecule has 1 amide bonds. The Labute approximate surface area is 299 Å². The van der Waals surface area contributed by atoms with Crippen LogP contribution >= 0.6 is 0 Å². The molecule has 1 aliphatic rings. The number of hydrogen-bond acceptors (Lipinski definition) is 16. The third-order valence-electron chi connectivity index (χ3n) is 7.96. The molecule has 7 aromatic heterocycles.